The van der Waals surface area contributed by atoms with E-state index in [2.05, 4.69) is 25.7 Å². The van der Waals surface area contributed by atoms with E-state index in [-0.39, 0.29) is 11.7 Å². The van der Waals surface area contributed by atoms with Gasteiger partial charge in [0.25, 0.3) is 5.91 Å². The molecule has 3 heterocycles. The molecule has 5 nitrogen and oxygen atoms in total. The van der Waals surface area contributed by atoms with Gasteiger partial charge in [-0.3, -0.25) is 4.79 Å². The topological polar surface area (TPSA) is 49.3 Å². The lowest BCUT2D eigenvalue weighted by molar-refractivity contribution is 0.0746. The van der Waals surface area contributed by atoms with E-state index in [9.17, 15) is 9.18 Å². The average Bonchev–Trinajstić information content (AvgIpc) is 3.20. The van der Waals surface area contributed by atoms with Crippen molar-refractivity contribution in [1.29, 1.82) is 0 Å². The predicted molar refractivity (Wildman–Crippen MR) is 132 cm³/mol. The van der Waals surface area contributed by atoms with Gasteiger partial charge in [0.1, 0.15) is 22.3 Å². The van der Waals surface area contributed by atoms with Gasteiger partial charge in [0.05, 0.1) is 5.39 Å². The molecule has 0 saturated carbocycles. The van der Waals surface area contributed by atoms with Gasteiger partial charge >= 0.3 is 0 Å². The molecule has 1 saturated heterocycles. The zero-order valence-corrected chi connectivity index (χ0v) is 20.4. The highest BCUT2D eigenvalue weighted by molar-refractivity contribution is 7.19. The number of thiophene rings is 1. The monoisotopic (exact) mass is 466 g/mol. The number of aromatic nitrogens is 2. The van der Waals surface area contributed by atoms with Gasteiger partial charge in [-0.1, -0.05) is 26.8 Å². The first-order valence-electron chi connectivity index (χ1n) is 12.1. The lowest BCUT2D eigenvalue weighted by Gasteiger charge is -2.36. The standard InChI is InChI=1S/C26H31FN4OS/c1-4-17(3)23-28-24(22-20-9-8-16(2)14-21(20)33-25(22)29-23)30-10-12-31(13-11-30)26(32)18-6-5-7-19(27)15-18/h5-7,15-17H,4,8-14H2,1-3H3/t16-,17-/m1/s1. The fourth-order valence-corrected chi connectivity index (χ4v) is 6.28. The van der Waals surface area contributed by atoms with Crippen molar-refractivity contribution in [1.82, 2.24) is 14.9 Å². The van der Waals surface area contributed by atoms with E-state index in [0.29, 0.717) is 43.6 Å². The van der Waals surface area contributed by atoms with Gasteiger partial charge in [-0.25, -0.2) is 14.4 Å². The summed E-state index contributed by atoms with van der Waals surface area (Å²) in [5.74, 6) is 2.50. The summed E-state index contributed by atoms with van der Waals surface area (Å²) in [6, 6.07) is 5.96. The van der Waals surface area contributed by atoms with Crippen molar-refractivity contribution in [3.63, 3.8) is 0 Å². The van der Waals surface area contributed by atoms with Gasteiger partial charge in [0.2, 0.25) is 0 Å². The maximum atomic E-state index is 13.6. The van der Waals surface area contributed by atoms with Crippen LogP contribution in [0.3, 0.4) is 0 Å². The number of halogens is 1. The summed E-state index contributed by atoms with van der Waals surface area (Å²) in [6.07, 6.45) is 4.43. The van der Waals surface area contributed by atoms with Crippen molar-refractivity contribution in [2.24, 2.45) is 5.92 Å². The minimum absolute atomic E-state index is 0.107. The molecule has 0 spiro atoms. The lowest BCUT2D eigenvalue weighted by atomic mass is 9.89. The molecule has 7 heteroatoms. The fraction of sp³-hybridized carbons (Fsp3) is 0.500. The number of anilines is 1. The molecule has 2 aliphatic rings. The third kappa shape index (κ3) is 4.23. The van der Waals surface area contributed by atoms with E-state index >= 15 is 0 Å². The van der Waals surface area contributed by atoms with Crippen LogP contribution in [0.1, 0.15) is 66.2 Å². The van der Waals surface area contributed by atoms with Crippen LogP contribution >= 0.6 is 11.3 Å². The fourth-order valence-electron chi connectivity index (χ4n) is 4.90. The van der Waals surface area contributed by atoms with Crippen LogP contribution in [0.4, 0.5) is 10.2 Å². The first kappa shape index (κ1) is 22.3. The molecule has 0 bridgehead atoms. The summed E-state index contributed by atoms with van der Waals surface area (Å²) in [4.78, 5) is 29.7. The van der Waals surface area contributed by atoms with Crippen LogP contribution in [0.25, 0.3) is 10.2 Å². The van der Waals surface area contributed by atoms with Crippen LogP contribution in [-0.2, 0) is 12.8 Å². The largest absolute Gasteiger partial charge is 0.352 e. The third-order valence-corrected chi connectivity index (χ3v) is 8.29. The molecule has 0 unspecified atom stereocenters. The Kier molecular flexibility index (Phi) is 6.08. The molecule has 5 rings (SSSR count). The zero-order valence-electron chi connectivity index (χ0n) is 19.6. The summed E-state index contributed by atoms with van der Waals surface area (Å²) in [7, 11) is 0. The zero-order chi connectivity index (χ0) is 23.1. The highest BCUT2D eigenvalue weighted by atomic mass is 32.1. The minimum atomic E-state index is -0.378. The second kappa shape index (κ2) is 9.01. The number of rotatable bonds is 4. The molecule has 0 radical (unpaired) electrons. The Morgan fingerprint density at radius 3 is 2.76 bits per heavy atom. The highest BCUT2D eigenvalue weighted by Gasteiger charge is 2.29. The predicted octanol–water partition coefficient (Wildman–Crippen LogP) is 5.43. The number of aryl methyl sites for hydroxylation is 1. The quantitative estimate of drug-likeness (QED) is 0.514. The molecular weight excluding hydrogens is 435 g/mol. The van der Waals surface area contributed by atoms with Crippen molar-refractivity contribution < 1.29 is 9.18 Å². The Morgan fingerprint density at radius 2 is 2.03 bits per heavy atom. The number of nitrogens with zero attached hydrogens (tertiary/aromatic N) is 4. The van der Waals surface area contributed by atoms with Crippen LogP contribution in [0, 0.1) is 11.7 Å². The molecule has 1 amide bonds. The van der Waals surface area contributed by atoms with Crippen molar-refractivity contribution in [2.75, 3.05) is 31.1 Å². The summed E-state index contributed by atoms with van der Waals surface area (Å²) in [5, 5.41) is 1.24. The van der Waals surface area contributed by atoms with Crippen molar-refractivity contribution in [3.05, 3.63) is 51.9 Å². The molecular formula is C26H31FN4OS. The Bertz CT molecular complexity index is 1180. The number of carbonyl (C=O) groups excluding carboxylic acids is 1. The van der Waals surface area contributed by atoms with Crippen LogP contribution in [-0.4, -0.2) is 47.0 Å². The van der Waals surface area contributed by atoms with Crippen LogP contribution in [0.15, 0.2) is 24.3 Å². The van der Waals surface area contributed by atoms with E-state index in [4.69, 9.17) is 9.97 Å². The van der Waals surface area contributed by atoms with E-state index in [1.165, 1.54) is 34.4 Å². The van der Waals surface area contributed by atoms with Crippen molar-refractivity contribution >= 4 is 33.3 Å². The number of hydrogen-bond acceptors (Lipinski definition) is 5. The number of hydrogen-bond donors (Lipinski definition) is 0. The number of fused-ring (bicyclic) bond motifs is 3. The molecule has 1 aromatic carbocycles. The summed E-state index contributed by atoms with van der Waals surface area (Å²) in [6.45, 7) is 9.33. The number of piperazine rings is 1. The molecule has 2 aromatic heterocycles. The van der Waals surface area contributed by atoms with Crippen LogP contribution in [0.2, 0.25) is 0 Å². The Morgan fingerprint density at radius 1 is 1.24 bits per heavy atom. The van der Waals surface area contributed by atoms with E-state index in [1.807, 2.05) is 16.2 Å². The second-order valence-electron chi connectivity index (χ2n) is 9.54. The third-order valence-electron chi connectivity index (χ3n) is 7.14. The molecule has 3 aromatic rings. The average molecular weight is 467 g/mol. The van der Waals surface area contributed by atoms with Gasteiger partial charge in [-0.05, 0) is 55.4 Å². The number of carbonyl (C=O) groups is 1. The van der Waals surface area contributed by atoms with E-state index < -0.39 is 0 Å². The van der Waals surface area contributed by atoms with Crippen molar-refractivity contribution in [3.8, 4) is 0 Å². The molecule has 1 fully saturated rings. The molecule has 174 valence electrons. The Labute approximate surface area is 198 Å². The lowest BCUT2D eigenvalue weighted by Crippen LogP contribution is -2.49. The molecule has 33 heavy (non-hydrogen) atoms. The van der Waals surface area contributed by atoms with Crippen molar-refractivity contribution in [2.45, 2.75) is 52.4 Å². The van der Waals surface area contributed by atoms with Gasteiger partial charge in [0.15, 0.2) is 0 Å². The van der Waals surface area contributed by atoms with Gasteiger partial charge in [-0.2, -0.15) is 0 Å². The van der Waals surface area contributed by atoms with Gasteiger partial charge in [0, 0.05) is 42.5 Å². The molecule has 2 atom stereocenters. The van der Waals surface area contributed by atoms with Crippen LogP contribution in [0.5, 0.6) is 0 Å². The summed E-state index contributed by atoms with van der Waals surface area (Å²) < 4.78 is 13.6. The van der Waals surface area contributed by atoms with Gasteiger partial charge in [-0.15, -0.1) is 11.3 Å². The normalized spacial score (nSPS) is 19.6. The maximum absolute atomic E-state index is 13.6. The first-order valence-corrected chi connectivity index (χ1v) is 12.9. The van der Waals surface area contributed by atoms with Gasteiger partial charge < -0.3 is 9.80 Å². The first-order chi connectivity index (χ1) is 15.9. The summed E-state index contributed by atoms with van der Waals surface area (Å²) >= 11 is 1.85. The smallest absolute Gasteiger partial charge is 0.254 e. The molecule has 0 N–H and O–H groups in total. The Balaban J connectivity index is 1.45. The molecule has 1 aliphatic heterocycles. The Hall–Kier alpha value is -2.54. The SMILES string of the molecule is CC[C@@H](C)c1nc(N2CCN(C(=O)c3cccc(F)c3)CC2)c2c3c(sc2n1)C[C@H](C)CC3. The maximum Gasteiger partial charge on any atom is 0.254 e. The molecule has 1 aliphatic carbocycles. The second-order valence-corrected chi connectivity index (χ2v) is 10.6. The van der Waals surface area contributed by atoms with E-state index in [0.717, 1.165) is 35.7 Å². The number of benzene rings is 1. The highest BCUT2D eigenvalue weighted by Crippen LogP contribution is 2.42. The summed E-state index contributed by atoms with van der Waals surface area (Å²) in [5.41, 5.74) is 1.85. The minimum Gasteiger partial charge on any atom is -0.352 e. The number of amides is 1. The van der Waals surface area contributed by atoms with Crippen LogP contribution < -0.4 is 4.90 Å². The van der Waals surface area contributed by atoms with E-state index in [1.54, 1.807) is 12.1 Å².